The number of rotatable bonds is 4. The van der Waals surface area contributed by atoms with Crippen LogP contribution in [0.3, 0.4) is 0 Å². The van der Waals surface area contributed by atoms with Crippen LogP contribution in [0.4, 0.5) is 4.39 Å². The van der Waals surface area contributed by atoms with Crippen LogP contribution in [-0.2, 0) is 6.61 Å². The zero-order chi connectivity index (χ0) is 15.5. The summed E-state index contributed by atoms with van der Waals surface area (Å²) in [5, 5.41) is 0.232. The fourth-order valence-corrected chi connectivity index (χ4v) is 2.12. The van der Waals surface area contributed by atoms with E-state index in [1.807, 2.05) is 18.2 Å². The SMILES string of the molecule is O=C(F)c1oc2ccccc2c(=O)c1OCc1ccccc1. The number of hydrogen-bond acceptors (Lipinski definition) is 4. The minimum absolute atomic E-state index is 0.0320. The summed E-state index contributed by atoms with van der Waals surface area (Å²) in [6.45, 7) is 0.0320. The molecule has 0 fully saturated rings. The van der Waals surface area contributed by atoms with Gasteiger partial charge in [0.25, 0.3) is 5.76 Å². The lowest BCUT2D eigenvalue weighted by atomic mass is 10.2. The van der Waals surface area contributed by atoms with Crippen LogP contribution in [0.1, 0.15) is 16.1 Å². The topological polar surface area (TPSA) is 56.5 Å². The Morgan fingerprint density at radius 1 is 1.05 bits per heavy atom. The predicted molar refractivity (Wildman–Crippen MR) is 78.7 cm³/mol. The van der Waals surface area contributed by atoms with Crippen LogP contribution in [0, 0.1) is 0 Å². The molecule has 0 N–H and O–H groups in total. The summed E-state index contributed by atoms with van der Waals surface area (Å²) < 4.78 is 23.7. The molecule has 0 amide bonds. The number of benzene rings is 2. The lowest BCUT2D eigenvalue weighted by molar-refractivity contribution is 0.0797. The maximum atomic E-state index is 13.2. The van der Waals surface area contributed by atoms with Crippen molar-refractivity contribution in [2.24, 2.45) is 0 Å². The molecule has 0 radical (unpaired) electrons. The van der Waals surface area contributed by atoms with Crippen molar-refractivity contribution in [1.82, 2.24) is 0 Å². The molecule has 3 aromatic rings. The van der Waals surface area contributed by atoms with Crippen molar-refractivity contribution in [3.8, 4) is 5.75 Å². The fraction of sp³-hybridized carbons (Fsp3) is 0.0588. The van der Waals surface area contributed by atoms with E-state index in [1.165, 1.54) is 12.1 Å². The number of fused-ring (bicyclic) bond motifs is 1. The van der Waals surface area contributed by atoms with Crippen molar-refractivity contribution < 1.29 is 18.3 Å². The molecule has 2 aromatic carbocycles. The van der Waals surface area contributed by atoms with E-state index in [9.17, 15) is 14.0 Å². The lowest BCUT2D eigenvalue weighted by Crippen LogP contribution is -2.13. The van der Waals surface area contributed by atoms with Gasteiger partial charge in [-0.1, -0.05) is 42.5 Å². The molecule has 0 bridgehead atoms. The van der Waals surface area contributed by atoms with Crippen molar-refractivity contribution >= 4 is 17.0 Å². The van der Waals surface area contributed by atoms with E-state index in [0.717, 1.165) is 5.56 Å². The first-order valence-corrected chi connectivity index (χ1v) is 6.59. The van der Waals surface area contributed by atoms with Crippen LogP contribution in [0.2, 0.25) is 0 Å². The van der Waals surface area contributed by atoms with Crippen molar-refractivity contribution in [1.29, 1.82) is 0 Å². The number of para-hydroxylation sites is 1. The average molecular weight is 298 g/mol. The van der Waals surface area contributed by atoms with Crippen molar-refractivity contribution in [3.63, 3.8) is 0 Å². The summed E-state index contributed by atoms with van der Waals surface area (Å²) >= 11 is 0. The third-order valence-corrected chi connectivity index (χ3v) is 3.16. The maximum absolute atomic E-state index is 13.2. The van der Waals surface area contributed by atoms with E-state index < -0.39 is 23.0 Å². The monoisotopic (exact) mass is 298 g/mol. The molecule has 22 heavy (non-hydrogen) atoms. The zero-order valence-electron chi connectivity index (χ0n) is 11.4. The van der Waals surface area contributed by atoms with Crippen LogP contribution in [0.25, 0.3) is 11.0 Å². The molecule has 0 aliphatic heterocycles. The minimum atomic E-state index is -1.84. The van der Waals surface area contributed by atoms with E-state index in [0.29, 0.717) is 0 Å². The van der Waals surface area contributed by atoms with Gasteiger partial charge in [0.2, 0.25) is 11.2 Å². The Morgan fingerprint density at radius 3 is 2.45 bits per heavy atom. The first-order valence-electron chi connectivity index (χ1n) is 6.59. The van der Waals surface area contributed by atoms with Crippen LogP contribution >= 0.6 is 0 Å². The summed E-state index contributed by atoms with van der Waals surface area (Å²) in [6, 6.07) is 13.5. The quantitative estimate of drug-likeness (QED) is 0.692. The molecule has 0 aliphatic carbocycles. The highest BCUT2D eigenvalue weighted by molar-refractivity contribution is 5.91. The number of ether oxygens (including phenoxy) is 1. The number of hydrogen-bond donors (Lipinski definition) is 0. The molecule has 0 atom stereocenters. The van der Waals surface area contributed by atoms with E-state index in [1.54, 1.807) is 24.3 Å². The summed E-state index contributed by atoms with van der Waals surface area (Å²) in [7, 11) is 0. The number of halogens is 1. The highest BCUT2D eigenvalue weighted by Crippen LogP contribution is 2.22. The van der Waals surface area contributed by atoms with Gasteiger partial charge < -0.3 is 9.15 Å². The molecule has 5 heteroatoms. The molecule has 4 nitrogen and oxygen atoms in total. The van der Waals surface area contributed by atoms with Gasteiger partial charge in [0.1, 0.15) is 12.2 Å². The normalized spacial score (nSPS) is 10.6. The second kappa shape index (κ2) is 5.81. The van der Waals surface area contributed by atoms with Crippen LogP contribution in [0.5, 0.6) is 5.75 Å². The van der Waals surface area contributed by atoms with Gasteiger partial charge in [0.15, 0.2) is 0 Å². The second-order valence-electron chi connectivity index (χ2n) is 4.63. The highest BCUT2D eigenvalue weighted by atomic mass is 19.1. The Kier molecular flexibility index (Phi) is 3.70. The molecule has 1 aromatic heterocycles. The van der Waals surface area contributed by atoms with Gasteiger partial charge in [-0.2, -0.15) is 4.39 Å². The van der Waals surface area contributed by atoms with E-state index in [4.69, 9.17) is 9.15 Å². The molecular formula is C17H11FO4. The number of carbonyl (C=O) groups excluding carboxylic acids is 1. The molecule has 0 saturated heterocycles. The first kappa shape index (κ1) is 14.0. The Morgan fingerprint density at radius 2 is 1.73 bits per heavy atom. The molecule has 0 aliphatic rings. The third kappa shape index (κ3) is 2.61. The zero-order valence-corrected chi connectivity index (χ0v) is 11.4. The third-order valence-electron chi connectivity index (χ3n) is 3.16. The Balaban J connectivity index is 2.07. The van der Waals surface area contributed by atoms with Gasteiger partial charge in [-0.15, -0.1) is 0 Å². The highest BCUT2D eigenvalue weighted by Gasteiger charge is 2.21. The van der Waals surface area contributed by atoms with Gasteiger partial charge in [0.05, 0.1) is 5.39 Å². The summed E-state index contributed by atoms with van der Waals surface area (Å²) in [5.41, 5.74) is 0.353. The van der Waals surface area contributed by atoms with Crippen molar-refractivity contribution in [2.75, 3.05) is 0 Å². The molecule has 0 spiro atoms. The van der Waals surface area contributed by atoms with Crippen LogP contribution in [0.15, 0.2) is 63.8 Å². The fourth-order valence-electron chi connectivity index (χ4n) is 2.12. The smallest absolute Gasteiger partial charge is 0.371 e. The Hall–Kier alpha value is -2.95. The van der Waals surface area contributed by atoms with E-state index in [2.05, 4.69) is 0 Å². The van der Waals surface area contributed by atoms with Crippen LogP contribution in [-0.4, -0.2) is 6.04 Å². The van der Waals surface area contributed by atoms with Crippen molar-refractivity contribution in [3.05, 3.63) is 76.1 Å². The summed E-state index contributed by atoms with van der Waals surface area (Å²) in [4.78, 5) is 23.5. The Labute approximate surface area is 124 Å². The van der Waals surface area contributed by atoms with E-state index in [-0.39, 0.29) is 17.6 Å². The molecule has 0 unspecified atom stereocenters. The molecular weight excluding hydrogens is 287 g/mol. The lowest BCUT2D eigenvalue weighted by Gasteiger charge is -2.08. The van der Waals surface area contributed by atoms with E-state index >= 15 is 0 Å². The summed E-state index contributed by atoms with van der Waals surface area (Å²) in [5.74, 6) is -1.12. The van der Waals surface area contributed by atoms with Gasteiger partial charge in [-0.25, -0.2) is 0 Å². The molecule has 0 saturated carbocycles. The Bertz CT molecular complexity index is 884. The number of carbonyl (C=O) groups is 1. The van der Waals surface area contributed by atoms with Gasteiger partial charge in [0, 0.05) is 0 Å². The maximum Gasteiger partial charge on any atom is 0.371 e. The van der Waals surface area contributed by atoms with Gasteiger partial charge >= 0.3 is 6.04 Å². The summed E-state index contributed by atoms with van der Waals surface area (Å²) in [6.07, 6.45) is 0. The van der Waals surface area contributed by atoms with Gasteiger partial charge in [-0.3, -0.25) is 9.59 Å². The molecule has 110 valence electrons. The second-order valence-corrected chi connectivity index (χ2v) is 4.63. The average Bonchev–Trinajstić information content (AvgIpc) is 2.54. The van der Waals surface area contributed by atoms with Gasteiger partial charge in [-0.05, 0) is 17.7 Å². The standard InChI is InChI=1S/C17H11FO4/c18-17(20)16-15(21-10-11-6-2-1-3-7-11)14(19)12-8-4-5-9-13(12)22-16/h1-9H,10H2. The molecule has 3 rings (SSSR count). The molecule has 1 heterocycles. The first-order chi connectivity index (χ1) is 10.7. The minimum Gasteiger partial charge on any atom is -0.481 e. The van der Waals surface area contributed by atoms with Crippen molar-refractivity contribution in [2.45, 2.75) is 6.61 Å². The van der Waals surface area contributed by atoms with Crippen LogP contribution < -0.4 is 10.2 Å². The largest absolute Gasteiger partial charge is 0.481 e. The predicted octanol–water partition coefficient (Wildman–Crippen LogP) is 3.48.